The minimum absolute atomic E-state index is 0.181. The molecule has 1 fully saturated rings. The van der Waals surface area contributed by atoms with Gasteiger partial charge in [0.15, 0.2) is 0 Å². The van der Waals surface area contributed by atoms with Gasteiger partial charge in [-0.1, -0.05) is 19.1 Å². The van der Waals surface area contributed by atoms with Gasteiger partial charge in [-0.15, -0.1) is 0 Å². The van der Waals surface area contributed by atoms with Crippen molar-refractivity contribution in [3.8, 4) is 0 Å². The number of hydrogen-bond acceptors (Lipinski definition) is 2. The first kappa shape index (κ1) is 11.3. The zero-order chi connectivity index (χ0) is 10.8. The summed E-state index contributed by atoms with van der Waals surface area (Å²) < 4.78 is 4.97. The number of rotatable bonds is 4. The number of esters is 1. The Bertz CT molecular complexity index is 245. The van der Waals surface area contributed by atoms with Crippen LogP contribution in [0.15, 0.2) is 12.2 Å². The van der Waals surface area contributed by atoms with E-state index in [1.165, 1.54) is 25.3 Å². The molecule has 0 N–H and O–H groups in total. The third kappa shape index (κ3) is 2.37. The molecule has 2 atom stereocenters. The van der Waals surface area contributed by atoms with E-state index in [9.17, 15) is 4.79 Å². The molecule has 1 aliphatic carbocycles. The Kier molecular flexibility index (Phi) is 3.35. The zero-order valence-corrected chi connectivity index (χ0v) is 9.43. The van der Waals surface area contributed by atoms with E-state index in [4.69, 9.17) is 4.74 Å². The van der Waals surface area contributed by atoms with Crippen LogP contribution in [0, 0.1) is 11.3 Å². The first-order valence-electron chi connectivity index (χ1n) is 5.24. The third-order valence-corrected chi connectivity index (χ3v) is 3.42. The monoisotopic (exact) mass is 196 g/mol. The molecule has 14 heavy (non-hydrogen) atoms. The molecule has 0 aliphatic heterocycles. The van der Waals surface area contributed by atoms with Crippen LogP contribution in [-0.4, -0.2) is 12.6 Å². The quantitative estimate of drug-likeness (QED) is 0.510. The number of allylic oxidation sites excluding steroid dienone is 1. The van der Waals surface area contributed by atoms with Crippen LogP contribution in [0.1, 0.15) is 40.0 Å². The van der Waals surface area contributed by atoms with Gasteiger partial charge < -0.3 is 4.74 Å². The number of carbonyl (C=O) groups is 1. The summed E-state index contributed by atoms with van der Waals surface area (Å²) in [6.45, 7) is 10.4. The topological polar surface area (TPSA) is 26.3 Å². The molecule has 0 aromatic carbocycles. The summed E-state index contributed by atoms with van der Waals surface area (Å²) in [6, 6.07) is 0. The fourth-order valence-corrected chi connectivity index (χ4v) is 2.35. The molecular formula is C12H20O2. The Morgan fingerprint density at radius 3 is 2.57 bits per heavy atom. The van der Waals surface area contributed by atoms with Crippen molar-refractivity contribution in [2.24, 2.45) is 11.3 Å². The zero-order valence-electron chi connectivity index (χ0n) is 9.43. The molecule has 0 bridgehead atoms. The molecule has 1 saturated carbocycles. The molecule has 0 heterocycles. The predicted molar refractivity (Wildman–Crippen MR) is 56.9 cm³/mol. The summed E-state index contributed by atoms with van der Waals surface area (Å²) in [5.74, 6) is 0.442. The minimum Gasteiger partial charge on any atom is -0.466 e. The van der Waals surface area contributed by atoms with Gasteiger partial charge >= 0.3 is 5.97 Å². The van der Waals surface area contributed by atoms with E-state index in [0.717, 1.165) is 6.42 Å². The number of hydrogen-bond donors (Lipinski definition) is 0. The van der Waals surface area contributed by atoms with Crippen LogP contribution in [0.2, 0.25) is 0 Å². The summed E-state index contributed by atoms with van der Waals surface area (Å²) in [6.07, 6.45) is 3.43. The van der Waals surface area contributed by atoms with Crippen LogP contribution >= 0.6 is 0 Å². The maximum atomic E-state index is 10.6. The molecule has 1 aliphatic rings. The van der Waals surface area contributed by atoms with Gasteiger partial charge in [0.2, 0.25) is 0 Å². The van der Waals surface area contributed by atoms with Crippen molar-refractivity contribution in [2.75, 3.05) is 6.61 Å². The highest BCUT2D eigenvalue weighted by molar-refractivity contribution is 5.65. The first-order chi connectivity index (χ1) is 6.46. The summed E-state index contributed by atoms with van der Waals surface area (Å²) in [7, 11) is 0. The molecule has 0 saturated heterocycles. The molecule has 2 heteroatoms. The Morgan fingerprint density at radius 1 is 1.57 bits per heavy atom. The maximum absolute atomic E-state index is 10.6. The molecule has 80 valence electrons. The fraction of sp³-hybridized carbons (Fsp3) is 0.750. The van der Waals surface area contributed by atoms with Gasteiger partial charge in [0, 0.05) is 6.92 Å². The Labute approximate surface area is 86.3 Å². The van der Waals surface area contributed by atoms with Crippen molar-refractivity contribution in [3.63, 3.8) is 0 Å². The van der Waals surface area contributed by atoms with Gasteiger partial charge in [0.1, 0.15) is 0 Å². The largest absolute Gasteiger partial charge is 0.466 e. The van der Waals surface area contributed by atoms with Gasteiger partial charge in [-0.25, -0.2) is 0 Å². The van der Waals surface area contributed by atoms with Crippen molar-refractivity contribution in [3.05, 3.63) is 12.2 Å². The van der Waals surface area contributed by atoms with E-state index in [1.54, 1.807) is 0 Å². The predicted octanol–water partition coefficient (Wildman–Crippen LogP) is 2.93. The molecular weight excluding hydrogens is 176 g/mol. The second kappa shape index (κ2) is 4.16. The van der Waals surface area contributed by atoms with Gasteiger partial charge in [-0.2, -0.15) is 0 Å². The molecule has 0 aromatic heterocycles. The maximum Gasteiger partial charge on any atom is 0.302 e. The van der Waals surface area contributed by atoms with Crippen molar-refractivity contribution >= 4 is 5.97 Å². The molecule has 0 amide bonds. The molecule has 0 aromatic rings. The smallest absolute Gasteiger partial charge is 0.302 e. The van der Waals surface area contributed by atoms with Crippen molar-refractivity contribution in [2.45, 2.75) is 40.0 Å². The average molecular weight is 196 g/mol. The number of carbonyl (C=O) groups excluding carboxylic acids is 1. The van der Waals surface area contributed by atoms with Gasteiger partial charge in [-0.05, 0) is 37.5 Å². The molecule has 1 rings (SSSR count). The average Bonchev–Trinajstić information content (AvgIpc) is 2.00. The Morgan fingerprint density at radius 2 is 2.21 bits per heavy atom. The van der Waals surface area contributed by atoms with Crippen LogP contribution in [0.4, 0.5) is 0 Å². The molecule has 2 nitrogen and oxygen atoms in total. The van der Waals surface area contributed by atoms with Crippen LogP contribution in [0.25, 0.3) is 0 Å². The van der Waals surface area contributed by atoms with Crippen molar-refractivity contribution in [1.29, 1.82) is 0 Å². The second-order valence-electron chi connectivity index (χ2n) is 4.68. The van der Waals surface area contributed by atoms with E-state index >= 15 is 0 Å². The minimum atomic E-state index is -0.181. The first-order valence-corrected chi connectivity index (χ1v) is 5.24. The normalized spacial score (nSPS) is 30.6. The van der Waals surface area contributed by atoms with Crippen molar-refractivity contribution in [1.82, 2.24) is 0 Å². The summed E-state index contributed by atoms with van der Waals surface area (Å²) in [4.78, 5) is 10.6. The summed E-state index contributed by atoms with van der Waals surface area (Å²) in [5.41, 5.74) is 1.59. The number of ether oxygens (including phenoxy) is 1. The summed E-state index contributed by atoms with van der Waals surface area (Å²) in [5, 5.41) is 0. The lowest BCUT2D eigenvalue weighted by molar-refractivity contribution is -0.142. The molecule has 0 radical (unpaired) electrons. The van der Waals surface area contributed by atoms with E-state index in [-0.39, 0.29) is 5.97 Å². The second-order valence-corrected chi connectivity index (χ2v) is 4.68. The van der Waals surface area contributed by atoms with E-state index in [0.29, 0.717) is 17.9 Å². The summed E-state index contributed by atoms with van der Waals surface area (Å²) >= 11 is 0. The van der Waals surface area contributed by atoms with Crippen molar-refractivity contribution < 1.29 is 9.53 Å². The lowest BCUT2D eigenvalue weighted by Crippen LogP contribution is -2.39. The Hall–Kier alpha value is -0.790. The molecule has 2 unspecified atom stereocenters. The highest BCUT2D eigenvalue weighted by Crippen LogP contribution is 2.51. The van der Waals surface area contributed by atoms with E-state index < -0.39 is 0 Å². The Balaban J connectivity index is 2.35. The third-order valence-electron chi connectivity index (χ3n) is 3.42. The lowest BCUT2D eigenvalue weighted by atomic mass is 9.57. The van der Waals surface area contributed by atoms with Gasteiger partial charge in [-0.3, -0.25) is 4.79 Å². The van der Waals surface area contributed by atoms with E-state index in [1.807, 2.05) is 0 Å². The molecule has 0 spiro atoms. The van der Waals surface area contributed by atoms with Crippen LogP contribution in [-0.2, 0) is 9.53 Å². The van der Waals surface area contributed by atoms with Crippen LogP contribution < -0.4 is 0 Å². The van der Waals surface area contributed by atoms with Crippen LogP contribution in [0.3, 0.4) is 0 Å². The fourth-order valence-electron chi connectivity index (χ4n) is 2.35. The van der Waals surface area contributed by atoms with E-state index in [2.05, 4.69) is 20.4 Å². The van der Waals surface area contributed by atoms with Crippen LogP contribution in [0.5, 0.6) is 0 Å². The lowest BCUT2D eigenvalue weighted by Gasteiger charge is -2.48. The SMILES string of the molecule is C=C(C)C1CCC1(C)CCOC(C)=O. The standard InChI is InChI=1S/C12H20O2/c1-9(2)11-5-6-12(11,4)7-8-14-10(3)13/h11H,1,5-8H2,2-4H3. The van der Waals surface area contributed by atoms with Gasteiger partial charge in [0.25, 0.3) is 0 Å². The van der Waals surface area contributed by atoms with Gasteiger partial charge in [0.05, 0.1) is 6.61 Å². The highest BCUT2D eigenvalue weighted by atomic mass is 16.5. The highest BCUT2D eigenvalue weighted by Gasteiger charge is 2.42.